The quantitative estimate of drug-likeness (QED) is 0.504. The maximum absolute atomic E-state index is 12.6. The largest absolute Gasteiger partial charge is 0.496 e. The van der Waals surface area contributed by atoms with Crippen molar-refractivity contribution in [2.45, 2.75) is 18.9 Å². The van der Waals surface area contributed by atoms with E-state index >= 15 is 0 Å². The number of amides is 1. The Morgan fingerprint density at radius 3 is 2.68 bits per heavy atom. The van der Waals surface area contributed by atoms with Crippen molar-refractivity contribution in [3.05, 3.63) is 22.7 Å². The molecule has 0 radical (unpaired) electrons. The van der Waals surface area contributed by atoms with Gasteiger partial charge in [0.1, 0.15) is 5.75 Å². The zero-order chi connectivity index (χ0) is 15.9. The van der Waals surface area contributed by atoms with Crippen LogP contribution in [0.2, 0.25) is 5.02 Å². The number of piperidine rings is 3. The van der Waals surface area contributed by atoms with Gasteiger partial charge in [-0.1, -0.05) is 11.6 Å². The van der Waals surface area contributed by atoms with E-state index in [0.29, 0.717) is 23.9 Å². The number of nitrogen functional groups attached to an aromatic ring is 1. The van der Waals surface area contributed by atoms with E-state index in [-0.39, 0.29) is 16.6 Å². The van der Waals surface area contributed by atoms with Crippen LogP contribution in [-0.2, 0) is 0 Å². The molecule has 0 spiro atoms. The molecule has 1 amide bonds. The fourth-order valence-corrected chi connectivity index (χ4v) is 3.55. The van der Waals surface area contributed by atoms with Gasteiger partial charge in [0.25, 0.3) is 5.91 Å². The summed E-state index contributed by atoms with van der Waals surface area (Å²) < 4.78 is 5.19. The van der Waals surface area contributed by atoms with Crippen LogP contribution in [0, 0.1) is 5.92 Å². The fourth-order valence-electron chi connectivity index (χ4n) is 3.39. The van der Waals surface area contributed by atoms with E-state index in [0.717, 1.165) is 31.0 Å². The monoisotopic (exact) mass is 325 g/mol. The zero-order valence-electron chi connectivity index (χ0n) is 12.5. The summed E-state index contributed by atoms with van der Waals surface area (Å²) in [4.78, 5) is 14.9. The smallest absolute Gasteiger partial charge is 0.281 e. The molecule has 0 aromatic heterocycles. The third-order valence-electron chi connectivity index (χ3n) is 4.69. The SMILES string of the molecule is COc1cc(N)c(Cl)cc1C(=O)N(O)C1CN2CCC1CC2. The van der Waals surface area contributed by atoms with Gasteiger partial charge in [-0.3, -0.25) is 10.0 Å². The molecule has 3 N–H and O–H groups in total. The molecule has 3 heterocycles. The Balaban J connectivity index is 1.86. The predicted octanol–water partition coefficient (Wildman–Crippen LogP) is 1.86. The lowest BCUT2D eigenvalue weighted by atomic mass is 9.83. The van der Waals surface area contributed by atoms with Gasteiger partial charge in [0.15, 0.2) is 0 Å². The number of hydrogen-bond acceptors (Lipinski definition) is 5. The Morgan fingerprint density at radius 2 is 2.14 bits per heavy atom. The van der Waals surface area contributed by atoms with Crippen LogP contribution in [0.15, 0.2) is 12.1 Å². The molecular weight excluding hydrogens is 306 g/mol. The van der Waals surface area contributed by atoms with E-state index < -0.39 is 5.91 Å². The van der Waals surface area contributed by atoms with Crippen LogP contribution >= 0.6 is 11.6 Å². The van der Waals surface area contributed by atoms with E-state index in [2.05, 4.69) is 4.90 Å². The Kier molecular flexibility index (Phi) is 4.16. The van der Waals surface area contributed by atoms with Crippen molar-refractivity contribution in [1.29, 1.82) is 0 Å². The Labute approximate surface area is 134 Å². The third-order valence-corrected chi connectivity index (χ3v) is 5.02. The Bertz CT molecular complexity index is 588. The van der Waals surface area contributed by atoms with Gasteiger partial charge in [0.2, 0.25) is 0 Å². The van der Waals surface area contributed by atoms with Crippen LogP contribution in [0.1, 0.15) is 23.2 Å². The second-order valence-electron chi connectivity index (χ2n) is 5.93. The Hall–Kier alpha value is -1.50. The molecule has 3 saturated heterocycles. The molecule has 1 aromatic carbocycles. The normalized spacial score (nSPS) is 26.8. The van der Waals surface area contributed by atoms with Crippen molar-refractivity contribution in [3.8, 4) is 5.75 Å². The summed E-state index contributed by atoms with van der Waals surface area (Å²) in [5, 5.41) is 11.5. The first-order valence-electron chi connectivity index (χ1n) is 7.39. The third kappa shape index (κ3) is 2.62. The maximum atomic E-state index is 12.6. The summed E-state index contributed by atoms with van der Waals surface area (Å²) in [6.45, 7) is 2.79. The van der Waals surface area contributed by atoms with Crippen LogP contribution in [0.3, 0.4) is 0 Å². The van der Waals surface area contributed by atoms with Gasteiger partial charge in [0, 0.05) is 12.6 Å². The van der Waals surface area contributed by atoms with Crippen molar-refractivity contribution in [2.75, 3.05) is 32.5 Å². The molecule has 1 atom stereocenters. The highest BCUT2D eigenvalue weighted by Crippen LogP contribution is 2.33. The number of benzene rings is 1. The van der Waals surface area contributed by atoms with E-state index in [1.54, 1.807) is 0 Å². The van der Waals surface area contributed by atoms with Gasteiger partial charge in [0.05, 0.1) is 29.4 Å². The predicted molar refractivity (Wildman–Crippen MR) is 83.3 cm³/mol. The van der Waals surface area contributed by atoms with E-state index in [4.69, 9.17) is 22.1 Å². The summed E-state index contributed by atoms with van der Waals surface area (Å²) in [5.74, 6) is 0.152. The molecule has 120 valence electrons. The van der Waals surface area contributed by atoms with Crippen molar-refractivity contribution >= 4 is 23.2 Å². The van der Waals surface area contributed by atoms with Gasteiger partial charge in [-0.2, -0.15) is 0 Å². The molecule has 1 aromatic rings. The highest BCUT2D eigenvalue weighted by Gasteiger charge is 2.39. The molecular formula is C15H20ClN3O3. The first-order valence-corrected chi connectivity index (χ1v) is 7.77. The minimum Gasteiger partial charge on any atom is -0.496 e. The molecule has 6 nitrogen and oxygen atoms in total. The lowest BCUT2D eigenvalue weighted by Crippen LogP contribution is -2.57. The Morgan fingerprint density at radius 1 is 1.45 bits per heavy atom. The first-order chi connectivity index (χ1) is 10.5. The van der Waals surface area contributed by atoms with Gasteiger partial charge in [-0.25, -0.2) is 5.06 Å². The lowest BCUT2D eigenvalue weighted by Gasteiger charge is -2.46. The number of rotatable bonds is 3. The standard InChI is InChI=1S/C15H20ClN3O3/c1-22-14-7-12(17)11(16)6-10(14)15(20)19(21)13-8-18-4-2-9(13)3-5-18/h6-7,9,13,21H,2-5,8,17H2,1H3. The molecule has 7 heteroatoms. The van der Waals surface area contributed by atoms with Gasteiger partial charge in [-0.15, -0.1) is 0 Å². The second kappa shape index (κ2) is 5.95. The number of halogens is 1. The topological polar surface area (TPSA) is 79.0 Å². The average molecular weight is 326 g/mol. The van der Waals surface area contributed by atoms with Gasteiger partial charge >= 0.3 is 0 Å². The number of fused-ring (bicyclic) bond motifs is 3. The number of anilines is 1. The van der Waals surface area contributed by atoms with Crippen molar-refractivity contribution < 1.29 is 14.7 Å². The number of nitrogens with two attached hydrogens (primary N) is 1. The minimum absolute atomic E-state index is 0.184. The number of nitrogens with zero attached hydrogens (tertiary/aromatic N) is 2. The summed E-state index contributed by atoms with van der Waals surface area (Å²) in [7, 11) is 1.45. The van der Waals surface area contributed by atoms with Crippen LogP contribution in [0.4, 0.5) is 5.69 Å². The van der Waals surface area contributed by atoms with Crippen LogP contribution in [0.5, 0.6) is 5.75 Å². The van der Waals surface area contributed by atoms with Crippen LogP contribution in [-0.4, -0.2) is 53.9 Å². The molecule has 0 saturated carbocycles. The molecule has 22 heavy (non-hydrogen) atoms. The van der Waals surface area contributed by atoms with Gasteiger partial charge in [-0.05, 0) is 37.9 Å². The van der Waals surface area contributed by atoms with E-state index in [9.17, 15) is 10.0 Å². The number of hydrogen-bond donors (Lipinski definition) is 2. The minimum atomic E-state index is -0.502. The van der Waals surface area contributed by atoms with Crippen LogP contribution in [0.25, 0.3) is 0 Å². The highest BCUT2D eigenvalue weighted by atomic mass is 35.5. The molecule has 2 bridgehead atoms. The molecule has 1 unspecified atom stereocenters. The highest BCUT2D eigenvalue weighted by molar-refractivity contribution is 6.33. The maximum Gasteiger partial charge on any atom is 0.281 e. The van der Waals surface area contributed by atoms with Crippen molar-refractivity contribution in [2.24, 2.45) is 5.92 Å². The molecule has 3 fully saturated rings. The summed E-state index contributed by atoms with van der Waals surface area (Å²) in [6.07, 6.45) is 2.02. The van der Waals surface area contributed by atoms with E-state index in [1.165, 1.54) is 19.2 Å². The van der Waals surface area contributed by atoms with Gasteiger partial charge < -0.3 is 15.4 Å². The summed E-state index contributed by atoms with van der Waals surface area (Å²) >= 11 is 6.00. The zero-order valence-corrected chi connectivity index (χ0v) is 13.2. The molecule has 3 aliphatic rings. The number of ether oxygens (including phenoxy) is 1. The summed E-state index contributed by atoms with van der Waals surface area (Å²) in [5.41, 5.74) is 6.29. The number of carbonyl (C=O) groups excluding carboxylic acids is 1. The lowest BCUT2D eigenvalue weighted by molar-refractivity contribution is -0.133. The molecule has 4 rings (SSSR count). The number of carbonyl (C=O) groups is 1. The number of methoxy groups -OCH3 is 1. The average Bonchev–Trinajstić information content (AvgIpc) is 2.56. The van der Waals surface area contributed by atoms with E-state index in [1.807, 2.05) is 0 Å². The van der Waals surface area contributed by atoms with Crippen molar-refractivity contribution in [3.63, 3.8) is 0 Å². The second-order valence-corrected chi connectivity index (χ2v) is 6.34. The van der Waals surface area contributed by atoms with Crippen molar-refractivity contribution in [1.82, 2.24) is 9.96 Å². The fraction of sp³-hybridized carbons (Fsp3) is 0.533. The molecule has 3 aliphatic heterocycles. The number of hydroxylamine groups is 2. The molecule has 0 aliphatic carbocycles. The first kappa shape index (κ1) is 15.4. The summed E-state index contributed by atoms with van der Waals surface area (Å²) in [6, 6.07) is 2.76. The van der Waals surface area contributed by atoms with Crippen LogP contribution < -0.4 is 10.5 Å².